The van der Waals surface area contributed by atoms with Gasteiger partial charge in [0, 0.05) is 18.7 Å². The summed E-state index contributed by atoms with van der Waals surface area (Å²) in [6, 6.07) is 8.87. The molecule has 0 bridgehead atoms. The number of carbonyl (C=O) groups is 2. The summed E-state index contributed by atoms with van der Waals surface area (Å²) >= 11 is 0. The van der Waals surface area contributed by atoms with Crippen molar-refractivity contribution in [3.63, 3.8) is 0 Å². The molecule has 0 saturated heterocycles. The summed E-state index contributed by atoms with van der Waals surface area (Å²) in [5.41, 5.74) is 4.53. The highest BCUT2D eigenvalue weighted by atomic mass is 16.5. The summed E-state index contributed by atoms with van der Waals surface area (Å²) < 4.78 is 10.6. The van der Waals surface area contributed by atoms with Gasteiger partial charge in [0.1, 0.15) is 0 Å². The van der Waals surface area contributed by atoms with Gasteiger partial charge in [-0.2, -0.15) is 0 Å². The van der Waals surface area contributed by atoms with Crippen LogP contribution in [0.5, 0.6) is 11.5 Å². The number of aryl methyl sites for hydroxylation is 2. The second kappa shape index (κ2) is 7.42. The standard InChI is InChI=1S/C21H23N3O4/c1-27-17-7-3-6-16(20(17)28-2)23-21(26)22-15-11-13-5-4-10-24-18(25)9-8-14(12-15)19(13)24/h3,6-7,11-12H,4-5,8-10H2,1-2H3,(H2,22,23,26). The maximum atomic E-state index is 12.6. The van der Waals surface area contributed by atoms with Crippen LogP contribution in [0, 0.1) is 0 Å². The Morgan fingerprint density at radius 3 is 2.57 bits per heavy atom. The number of rotatable bonds is 4. The normalized spacial score (nSPS) is 14.9. The fourth-order valence-corrected chi connectivity index (χ4v) is 4.00. The van der Waals surface area contributed by atoms with E-state index >= 15 is 0 Å². The zero-order chi connectivity index (χ0) is 19.7. The summed E-state index contributed by atoms with van der Waals surface area (Å²) in [6.45, 7) is 0.779. The lowest BCUT2D eigenvalue weighted by atomic mass is 9.91. The van der Waals surface area contributed by atoms with Gasteiger partial charge in [-0.25, -0.2) is 4.79 Å². The van der Waals surface area contributed by atoms with Crippen molar-refractivity contribution in [2.75, 3.05) is 36.3 Å². The van der Waals surface area contributed by atoms with E-state index in [4.69, 9.17) is 9.47 Å². The van der Waals surface area contributed by atoms with E-state index in [1.54, 1.807) is 25.3 Å². The van der Waals surface area contributed by atoms with Gasteiger partial charge < -0.3 is 25.0 Å². The molecule has 2 aliphatic rings. The molecule has 146 valence electrons. The molecule has 2 aromatic carbocycles. The molecule has 2 heterocycles. The predicted octanol–water partition coefficient (Wildman–Crippen LogP) is 3.57. The number of carbonyl (C=O) groups excluding carboxylic acids is 2. The SMILES string of the molecule is COc1cccc(NC(=O)Nc2cc3c4c(c2)CCC(=O)N4CCC3)c1OC. The highest BCUT2D eigenvalue weighted by Gasteiger charge is 2.29. The number of methoxy groups -OCH3 is 2. The topological polar surface area (TPSA) is 79.9 Å². The quantitative estimate of drug-likeness (QED) is 0.848. The highest BCUT2D eigenvalue weighted by molar-refractivity contribution is 6.02. The van der Waals surface area contributed by atoms with Crippen LogP contribution in [-0.4, -0.2) is 32.7 Å². The van der Waals surface area contributed by atoms with Gasteiger partial charge in [0.05, 0.1) is 25.6 Å². The lowest BCUT2D eigenvalue weighted by Crippen LogP contribution is -2.39. The van der Waals surface area contributed by atoms with E-state index in [1.165, 1.54) is 7.11 Å². The third kappa shape index (κ3) is 3.24. The summed E-state index contributed by atoms with van der Waals surface area (Å²) in [6.07, 6.45) is 3.07. The molecule has 0 spiro atoms. The second-order valence-electron chi connectivity index (χ2n) is 6.91. The summed E-state index contributed by atoms with van der Waals surface area (Å²) in [5, 5.41) is 5.72. The molecule has 2 N–H and O–H groups in total. The van der Waals surface area contributed by atoms with Gasteiger partial charge in [-0.1, -0.05) is 6.07 Å². The summed E-state index contributed by atoms with van der Waals surface area (Å²) in [7, 11) is 3.08. The zero-order valence-corrected chi connectivity index (χ0v) is 16.0. The molecule has 0 fully saturated rings. The smallest absolute Gasteiger partial charge is 0.323 e. The Hall–Kier alpha value is -3.22. The minimum absolute atomic E-state index is 0.192. The number of urea groups is 1. The molecule has 0 unspecified atom stereocenters. The van der Waals surface area contributed by atoms with Crippen LogP contribution >= 0.6 is 0 Å². The molecule has 0 aliphatic carbocycles. The van der Waals surface area contributed by atoms with Gasteiger partial charge >= 0.3 is 6.03 Å². The second-order valence-corrected chi connectivity index (χ2v) is 6.91. The van der Waals surface area contributed by atoms with Crippen LogP contribution in [0.15, 0.2) is 30.3 Å². The van der Waals surface area contributed by atoms with Crippen molar-refractivity contribution in [3.05, 3.63) is 41.5 Å². The third-order valence-corrected chi connectivity index (χ3v) is 5.18. The Labute approximate surface area is 163 Å². The van der Waals surface area contributed by atoms with Gasteiger partial charge in [0.15, 0.2) is 11.5 Å². The number of para-hydroxylation sites is 1. The number of nitrogens with one attached hydrogen (secondary N) is 2. The molecule has 0 atom stereocenters. The first-order valence-corrected chi connectivity index (χ1v) is 9.36. The number of hydrogen-bond acceptors (Lipinski definition) is 4. The van der Waals surface area contributed by atoms with Gasteiger partial charge in [-0.05, 0) is 54.7 Å². The Bertz CT molecular complexity index is 924. The van der Waals surface area contributed by atoms with E-state index in [1.807, 2.05) is 17.0 Å². The highest BCUT2D eigenvalue weighted by Crippen LogP contribution is 2.38. The third-order valence-electron chi connectivity index (χ3n) is 5.18. The van der Waals surface area contributed by atoms with Crippen LogP contribution in [0.1, 0.15) is 24.0 Å². The Morgan fingerprint density at radius 2 is 1.82 bits per heavy atom. The van der Waals surface area contributed by atoms with Crippen molar-refractivity contribution in [3.8, 4) is 11.5 Å². The average molecular weight is 381 g/mol. The van der Waals surface area contributed by atoms with E-state index in [9.17, 15) is 9.59 Å². The molecular weight excluding hydrogens is 358 g/mol. The molecule has 7 nitrogen and oxygen atoms in total. The minimum atomic E-state index is -0.363. The van der Waals surface area contributed by atoms with Crippen LogP contribution < -0.4 is 25.0 Å². The molecule has 4 rings (SSSR count). The predicted molar refractivity (Wildman–Crippen MR) is 108 cm³/mol. The number of nitrogens with zero attached hydrogens (tertiary/aromatic N) is 1. The van der Waals surface area contributed by atoms with Crippen molar-refractivity contribution < 1.29 is 19.1 Å². The van der Waals surface area contributed by atoms with Crippen LogP contribution in [0.4, 0.5) is 21.9 Å². The molecular formula is C21H23N3O4. The van der Waals surface area contributed by atoms with Crippen molar-refractivity contribution in [2.45, 2.75) is 25.7 Å². The first kappa shape index (κ1) is 18.2. The fraction of sp³-hybridized carbons (Fsp3) is 0.333. The van der Waals surface area contributed by atoms with E-state index in [-0.39, 0.29) is 11.9 Å². The van der Waals surface area contributed by atoms with Crippen LogP contribution in [0.3, 0.4) is 0 Å². The molecule has 3 amide bonds. The molecule has 2 aromatic rings. The van der Waals surface area contributed by atoms with Crippen molar-refractivity contribution in [2.24, 2.45) is 0 Å². The van der Waals surface area contributed by atoms with E-state index in [0.29, 0.717) is 30.0 Å². The van der Waals surface area contributed by atoms with Gasteiger partial charge in [-0.15, -0.1) is 0 Å². The molecule has 28 heavy (non-hydrogen) atoms. The minimum Gasteiger partial charge on any atom is -0.493 e. The maximum absolute atomic E-state index is 12.6. The largest absolute Gasteiger partial charge is 0.493 e. The Morgan fingerprint density at radius 1 is 1.04 bits per heavy atom. The van der Waals surface area contributed by atoms with Gasteiger partial charge in [-0.3, -0.25) is 4.79 Å². The average Bonchev–Trinajstić information content (AvgIpc) is 2.70. The lowest BCUT2D eigenvalue weighted by molar-refractivity contribution is -0.119. The monoisotopic (exact) mass is 381 g/mol. The Kier molecular flexibility index (Phi) is 4.81. The number of hydrogen-bond donors (Lipinski definition) is 2. The summed E-state index contributed by atoms with van der Waals surface area (Å²) in [5.74, 6) is 1.20. The fourth-order valence-electron chi connectivity index (χ4n) is 4.00. The number of anilines is 3. The number of ether oxygens (including phenoxy) is 2. The van der Waals surface area contributed by atoms with Gasteiger partial charge in [0.2, 0.25) is 5.91 Å². The molecule has 2 aliphatic heterocycles. The number of amides is 3. The maximum Gasteiger partial charge on any atom is 0.323 e. The first-order chi connectivity index (χ1) is 13.6. The van der Waals surface area contributed by atoms with E-state index in [0.717, 1.165) is 41.9 Å². The van der Waals surface area contributed by atoms with Crippen LogP contribution in [0.25, 0.3) is 0 Å². The summed E-state index contributed by atoms with van der Waals surface area (Å²) in [4.78, 5) is 26.6. The van der Waals surface area contributed by atoms with Crippen molar-refractivity contribution in [1.29, 1.82) is 0 Å². The van der Waals surface area contributed by atoms with Crippen molar-refractivity contribution >= 4 is 29.0 Å². The molecule has 0 aromatic heterocycles. The Balaban J connectivity index is 1.56. The number of benzene rings is 2. The van der Waals surface area contributed by atoms with E-state index in [2.05, 4.69) is 10.6 Å². The van der Waals surface area contributed by atoms with Crippen LogP contribution in [0.2, 0.25) is 0 Å². The van der Waals surface area contributed by atoms with E-state index < -0.39 is 0 Å². The molecule has 7 heteroatoms. The first-order valence-electron chi connectivity index (χ1n) is 9.36. The van der Waals surface area contributed by atoms with Crippen molar-refractivity contribution in [1.82, 2.24) is 0 Å². The molecule has 0 radical (unpaired) electrons. The lowest BCUT2D eigenvalue weighted by Gasteiger charge is -2.35. The molecule has 0 saturated carbocycles. The zero-order valence-electron chi connectivity index (χ0n) is 16.0. The van der Waals surface area contributed by atoms with Crippen LogP contribution in [-0.2, 0) is 17.6 Å². The van der Waals surface area contributed by atoms with Gasteiger partial charge in [0.25, 0.3) is 0 Å².